The molecule has 2 aromatic rings. The van der Waals surface area contributed by atoms with Gasteiger partial charge in [-0.3, -0.25) is 0 Å². The Balaban J connectivity index is 1.87. The van der Waals surface area contributed by atoms with E-state index in [4.69, 9.17) is 4.74 Å². The average Bonchev–Trinajstić information content (AvgIpc) is 2.53. The molecule has 0 unspecified atom stereocenters. The van der Waals surface area contributed by atoms with E-state index in [9.17, 15) is 4.39 Å². The minimum absolute atomic E-state index is 0.108. The standard InChI is InChI=1S/C17H20FN3O/c1-11-3-4-14(12(2)9-11)21-17-15(18)16(19-10-20-17)13-5-7-22-8-6-13/h3-4,9-10,13H,5-8H2,1-2H3,(H,19,20,21). The normalized spacial score (nSPS) is 15.8. The fourth-order valence-electron chi connectivity index (χ4n) is 2.81. The molecule has 22 heavy (non-hydrogen) atoms. The van der Waals surface area contributed by atoms with Crippen LogP contribution >= 0.6 is 0 Å². The zero-order valence-electron chi connectivity index (χ0n) is 12.9. The topological polar surface area (TPSA) is 47.0 Å². The molecule has 1 aliphatic rings. The Bertz CT molecular complexity index is 669. The van der Waals surface area contributed by atoms with Crippen molar-refractivity contribution < 1.29 is 9.13 Å². The third kappa shape index (κ3) is 3.09. The summed E-state index contributed by atoms with van der Waals surface area (Å²) >= 11 is 0. The Morgan fingerprint density at radius 1 is 1.18 bits per heavy atom. The Kier molecular flexibility index (Phi) is 4.34. The van der Waals surface area contributed by atoms with Crippen LogP contribution in [-0.2, 0) is 4.74 Å². The molecule has 0 amide bonds. The first-order chi connectivity index (χ1) is 10.6. The van der Waals surface area contributed by atoms with Crippen molar-refractivity contribution in [2.75, 3.05) is 18.5 Å². The molecule has 0 saturated carbocycles. The summed E-state index contributed by atoms with van der Waals surface area (Å²) in [6, 6.07) is 6.00. The summed E-state index contributed by atoms with van der Waals surface area (Å²) < 4.78 is 20.1. The predicted octanol–water partition coefficient (Wildman–Crippen LogP) is 3.87. The summed E-state index contributed by atoms with van der Waals surface area (Å²) in [5, 5.41) is 3.09. The van der Waals surface area contributed by atoms with Gasteiger partial charge in [0.05, 0.1) is 5.69 Å². The highest BCUT2D eigenvalue weighted by Gasteiger charge is 2.23. The molecule has 1 aromatic heterocycles. The van der Waals surface area contributed by atoms with E-state index in [0.29, 0.717) is 18.9 Å². The van der Waals surface area contributed by atoms with Crippen LogP contribution in [0.5, 0.6) is 0 Å². The Morgan fingerprint density at radius 3 is 2.68 bits per heavy atom. The third-order valence-electron chi connectivity index (χ3n) is 4.06. The second-order valence-electron chi connectivity index (χ2n) is 5.75. The first kappa shape index (κ1) is 14.9. The molecule has 2 heterocycles. The molecule has 3 rings (SSSR count). The highest BCUT2D eigenvalue weighted by Crippen LogP contribution is 2.30. The highest BCUT2D eigenvalue weighted by molar-refractivity contribution is 5.61. The van der Waals surface area contributed by atoms with Crippen molar-refractivity contribution in [3.05, 3.63) is 47.2 Å². The molecule has 1 N–H and O–H groups in total. The van der Waals surface area contributed by atoms with Gasteiger partial charge in [0.2, 0.25) is 0 Å². The molecule has 4 nitrogen and oxygen atoms in total. The molecular formula is C17H20FN3O. The molecule has 0 spiro atoms. The van der Waals surface area contributed by atoms with Crippen molar-refractivity contribution in [1.29, 1.82) is 0 Å². The van der Waals surface area contributed by atoms with E-state index in [0.717, 1.165) is 24.1 Å². The van der Waals surface area contributed by atoms with Gasteiger partial charge in [0, 0.05) is 24.8 Å². The van der Waals surface area contributed by atoms with Crippen molar-refractivity contribution in [3.63, 3.8) is 0 Å². The van der Waals surface area contributed by atoms with Crippen LogP contribution in [0, 0.1) is 19.7 Å². The third-order valence-corrected chi connectivity index (χ3v) is 4.06. The number of ether oxygens (including phenoxy) is 1. The molecule has 5 heteroatoms. The van der Waals surface area contributed by atoms with Crippen LogP contribution in [0.2, 0.25) is 0 Å². The fourth-order valence-corrected chi connectivity index (χ4v) is 2.81. The second-order valence-corrected chi connectivity index (χ2v) is 5.75. The molecule has 116 valence electrons. The molecular weight excluding hydrogens is 281 g/mol. The maximum absolute atomic E-state index is 14.7. The van der Waals surface area contributed by atoms with Crippen LogP contribution in [0.4, 0.5) is 15.9 Å². The zero-order chi connectivity index (χ0) is 15.5. The van der Waals surface area contributed by atoms with Gasteiger partial charge in [-0.1, -0.05) is 17.7 Å². The van der Waals surface area contributed by atoms with Gasteiger partial charge in [-0.05, 0) is 38.3 Å². The number of nitrogens with zero attached hydrogens (tertiary/aromatic N) is 2. The van der Waals surface area contributed by atoms with Crippen LogP contribution < -0.4 is 5.32 Å². The van der Waals surface area contributed by atoms with Crippen molar-refractivity contribution in [3.8, 4) is 0 Å². The Hall–Kier alpha value is -2.01. The lowest BCUT2D eigenvalue weighted by molar-refractivity contribution is 0.0837. The number of rotatable bonds is 3. The van der Waals surface area contributed by atoms with Crippen LogP contribution in [-0.4, -0.2) is 23.2 Å². The van der Waals surface area contributed by atoms with Gasteiger partial charge in [0.15, 0.2) is 11.6 Å². The van der Waals surface area contributed by atoms with Gasteiger partial charge in [-0.15, -0.1) is 0 Å². The maximum atomic E-state index is 14.7. The average molecular weight is 301 g/mol. The Morgan fingerprint density at radius 2 is 1.95 bits per heavy atom. The van der Waals surface area contributed by atoms with Gasteiger partial charge in [-0.2, -0.15) is 0 Å². The van der Waals surface area contributed by atoms with E-state index in [2.05, 4.69) is 21.4 Å². The zero-order valence-corrected chi connectivity index (χ0v) is 12.9. The number of anilines is 2. The molecule has 0 radical (unpaired) electrons. The quantitative estimate of drug-likeness (QED) is 0.935. The number of hydrogen-bond acceptors (Lipinski definition) is 4. The number of hydrogen-bond donors (Lipinski definition) is 1. The van der Waals surface area contributed by atoms with E-state index in [1.165, 1.54) is 11.9 Å². The second kappa shape index (κ2) is 6.40. The van der Waals surface area contributed by atoms with Crippen LogP contribution in [0.3, 0.4) is 0 Å². The monoisotopic (exact) mass is 301 g/mol. The molecule has 1 aromatic carbocycles. The van der Waals surface area contributed by atoms with Crippen molar-refractivity contribution >= 4 is 11.5 Å². The number of aryl methyl sites for hydroxylation is 2. The number of nitrogens with one attached hydrogen (secondary N) is 1. The predicted molar refractivity (Wildman–Crippen MR) is 84.0 cm³/mol. The number of halogens is 1. The lowest BCUT2D eigenvalue weighted by Gasteiger charge is -2.22. The van der Waals surface area contributed by atoms with E-state index < -0.39 is 0 Å². The minimum Gasteiger partial charge on any atom is -0.381 e. The Labute approximate surface area is 129 Å². The van der Waals surface area contributed by atoms with E-state index in [-0.39, 0.29) is 17.6 Å². The van der Waals surface area contributed by atoms with Gasteiger partial charge in [-0.25, -0.2) is 14.4 Å². The SMILES string of the molecule is Cc1ccc(Nc2ncnc(C3CCOCC3)c2F)c(C)c1. The van der Waals surface area contributed by atoms with Gasteiger partial charge < -0.3 is 10.1 Å². The van der Waals surface area contributed by atoms with Gasteiger partial charge >= 0.3 is 0 Å². The van der Waals surface area contributed by atoms with Crippen molar-refractivity contribution in [1.82, 2.24) is 9.97 Å². The summed E-state index contributed by atoms with van der Waals surface area (Å²) in [4.78, 5) is 8.22. The molecule has 1 saturated heterocycles. The lowest BCUT2D eigenvalue weighted by atomic mass is 9.96. The lowest BCUT2D eigenvalue weighted by Crippen LogP contribution is -2.17. The summed E-state index contributed by atoms with van der Waals surface area (Å²) in [5.74, 6) is -0.00534. The van der Waals surface area contributed by atoms with Crippen LogP contribution in [0.15, 0.2) is 24.5 Å². The fraction of sp³-hybridized carbons (Fsp3) is 0.412. The van der Waals surface area contributed by atoms with Gasteiger partial charge in [0.1, 0.15) is 6.33 Å². The van der Waals surface area contributed by atoms with Crippen molar-refractivity contribution in [2.24, 2.45) is 0 Å². The summed E-state index contributed by atoms with van der Waals surface area (Å²) in [5.41, 5.74) is 3.59. The summed E-state index contributed by atoms with van der Waals surface area (Å²) in [6.45, 7) is 5.35. The number of aromatic nitrogens is 2. The van der Waals surface area contributed by atoms with Crippen LogP contribution in [0.25, 0.3) is 0 Å². The van der Waals surface area contributed by atoms with E-state index in [1.54, 1.807) is 0 Å². The highest BCUT2D eigenvalue weighted by atomic mass is 19.1. The summed E-state index contributed by atoms with van der Waals surface area (Å²) in [7, 11) is 0. The van der Waals surface area contributed by atoms with Gasteiger partial charge in [0.25, 0.3) is 0 Å². The molecule has 1 aliphatic heterocycles. The smallest absolute Gasteiger partial charge is 0.187 e. The first-order valence-electron chi connectivity index (χ1n) is 7.57. The summed E-state index contributed by atoms with van der Waals surface area (Å²) in [6.07, 6.45) is 3.04. The number of benzene rings is 1. The van der Waals surface area contributed by atoms with E-state index in [1.807, 2.05) is 26.0 Å². The molecule has 1 fully saturated rings. The van der Waals surface area contributed by atoms with Crippen LogP contribution in [0.1, 0.15) is 35.6 Å². The first-order valence-corrected chi connectivity index (χ1v) is 7.57. The molecule has 0 atom stereocenters. The maximum Gasteiger partial charge on any atom is 0.187 e. The molecule has 0 aliphatic carbocycles. The minimum atomic E-state index is -0.352. The molecule has 0 bridgehead atoms. The largest absolute Gasteiger partial charge is 0.381 e. The van der Waals surface area contributed by atoms with Crippen molar-refractivity contribution in [2.45, 2.75) is 32.6 Å². The van der Waals surface area contributed by atoms with E-state index >= 15 is 0 Å².